The Morgan fingerprint density at radius 1 is 1.31 bits per heavy atom. The fourth-order valence-electron chi connectivity index (χ4n) is 1.00. The number of hydrogen-bond acceptors (Lipinski definition) is 5. The van der Waals surface area contributed by atoms with Crippen LogP contribution >= 0.6 is 0 Å². The number of ether oxygens (including phenoxy) is 2. The Kier molecular flexibility index (Phi) is 5.98. The van der Waals surface area contributed by atoms with E-state index in [1.807, 2.05) is 6.07 Å². The van der Waals surface area contributed by atoms with Gasteiger partial charge in [-0.3, -0.25) is 0 Å². The lowest BCUT2D eigenvalue weighted by Crippen LogP contribution is -2.24. The highest BCUT2D eigenvalue weighted by Crippen LogP contribution is 2.08. The molecule has 0 aliphatic rings. The van der Waals surface area contributed by atoms with Gasteiger partial charge < -0.3 is 14.3 Å². The Morgan fingerprint density at radius 2 is 2.06 bits per heavy atom. The second kappa shape index (κ2) is 7.67. The fourth-order valence-corrected chi connectivity index (χ4v) is 1.00. The van der Waals surface area contributed by atoms with Crippen LogP contribution in [0.1, 0.15) is 6.42 Å². The highest BCUT2D eigenvalue weighted by atomic mass is 16.8. The summed E-state index contributed by atoms with van der Waals surface area (Å²) in [4.78, 5) is 15.7. The first-order chi connectivity index (χ1) is 7.83. The second-order valence-corrected chi connectivity index (χ2v) is 3.01. The standard InChI is InChI=1S/C11H15NO4/c1-14-9-5-8-12-16-11(13)15-10-6-3-2-4-7-10/h2-4,6-7,12H,5,8-9H2,1H3. The summed E-state index contributed by atoms with van der Waals surface area (Å²) in [5.41, 5.74) is 2.49. The van der Waals surface area contributed by atoms with Gasteiger partial charge in [-0.05, 0) is 18.6 Å². The van der Waals surface area contributed by atoms with Gasteiger partial charge in [0.1, 0.15) is 5.75 Å². The molecule has 5 heteroatoms. The molecule has 0 atom stereocenters. The molecule has 1 N–H and O–H groups in total. The molecule has 0 aliphatic carbocycles. The lowest BCUT2D eigenvalue weighted by molar-refractivity contribution is 0.0472. The molecule has 0 saturated carbocycles. The SMILES string of the molecule is COCCCNOC(=O)Oc1ccccc1. The molecule has 5 nitrogen and oxygen atoms in total. The van der Waals surface area contributed by atoms with Gasteiger partial charge in [-0.2, -0.15) is 0 Å². The van der Waals surface area contributed by atoms with E-state index in [9.17, 15) is 4.79 Å². The number of hydroxylamine groups is 1. The van der Waals surface area contributed by atoms with E-state index >= 15 is 0 Å². The summed E-state index contributed by atoms with van der Waals surface area (Å²) < 4.78 is 9.70. The topological polar surface area (TPSA) is 56.8 Å². The molecule has 1 aromatic carbocycles. The molecule has 16 heavy (non-hydrogen) atoms. The van der Waals surface area contributed by atoms with Crippen LogP contribution < -0.4 is 10.2 Å². The van der Waals surface area contributed by atoms with Gasteiger partial charge in [-0.15, -0.1) is 5.48 Å². The third kappa shape index (κ3) is 5.33. The Hall–Kier alpha value is -1.59. The van der Waals surface area contributed by atoms with Crippen LogP contribution in [-0.2, 0) is 9.57 Å². The molecule has 1 aromatic rings. The molecule has 0 spiro atoms. The van der Waals surface area contributed by atoms with E-state index in [0.717, 1.165) is 6.42 Å². The van der Waals surface area contributed by atoms with Crippen LogP contribution in [0, 0.1) is 0 Å². The van der Waals surface area contributed by atoms with Crippen LogP contribution in [0.15, 0.2) is 30.3 Å². The number of carbonyl (C=O) groups excluding carboxylic acids is 1. The van der Waals surface area contributed by atoms with E-state index in [4.69, 9.17) is 9.47 Å². The zero-order valence-corrected chi connectivity index (χ0v) is 9.14. The van der Waals surface area contributed by atoms with E-state index in [0.29, 0.717) is 18.9 Å². The Labute approximate surface area is 94.3 Å². The van der Waals surface area contributed by atoms with Gasteiger partial charge in [0.25, 0.3) is 0 Å². The summed E-state index contributed by atoms with van der Waals surface area (Å²) in [5.74, 6) is 0.450. The number of nitrogens with one attached hydrogen (secondary N) is 1. The molecule has 1 rings (SSSR count). The predicted octanol–water partition coefficient (Wildman–Crippen LogP) is 1.74. The highest BCUT2D eigenvalue weighted by Gasteiger charge is 2.04. The van der Waals surface area contributed by atoms with Gasteiger partial charge in [0.05, 0.1) is 0 Å². The van der Waals surface area contributed by atoms with Crippen molar-refractivity contribution in [3.8, 4) is 5.75 Å². The van der Waals surface area contributed by atoms with Crippen LogP contribution in [0.25, 0.3) is 0 Å². The number of hydrogen-bond donors (Lipinski definition) is 1. The molecule has 0 amide bonds. The second-order valence-electron chi connectivity index (χ2n) is 3.01. The maximum Gasteiger partial charge on any atom is 0.533 e. The van der Waals surface area contributed by atoms with Gasteiger partial charge >= 0.3 is 6.16 Å². The van der Waals surface area contributed by atoms with Gasteiger partial charge in [0.15, 0.2) is 0 Å². The lowest BCUT2D eigenvalue weighted by atomic mass is 10.3. The molecular weight excluding hydrogens is 210 g/mol. The van der Waals surface area contributed by atoms with E-state index in [1.54, 1.807) is 31.4 Å². The van der Waals surface area contributed by atoms with E-state index < -0.39 is 6.16 Å². The first kappa shape index (κ1) is 12.5. The monoisotopic (exact) mass is 225 g/mol. The van der Waals surface area contributed by atoms with Crippen LogP contribution in [0.3, 0.4) is 0 Å². The number of para-hydroxylation sites is 1. The van der Waals surface area contributed by atoms with Crippen LogP contribution in [0.5, 0.6) is 5.75 Å². The minimum absolute atomic E-state index is 0.450. The minimum atomic E-state index is -0.774. The minimum Gasteiger partial charge on any atom is -0.394 e. The van der Waals surface area contributed by atoms with Gasteiger partial charge in [0.2, 0.25) is 0 Å². The molecular formula is C11H15NO4. The molecule has 0 saturated heterocycles. The first-order valence-electron chi connectivity index (χ1n) is 4.98. The van der Waals surface area contributed by atoms with Crippen LogP contribution in [0.2, 0.25) is 0 Å². The van der Waals surface area contributed by atoms with Crippen molar-refractivity contribution in [1.82, 2.24) is 5.48 Å². The highest BCUT2D eigenvalue weighted by molar-refractivity contribution is 5.63. The first-order valence-corrected chi connectivity index (χ1v) is 4.98. The van der Waals surface area contributed by atoms with Crippen molar-refractivity contribution in [2.75, 3.05) is 20.3 Å². The van der Waals surface area contributed by atoms with Crippen molar-refractivity contribution >= 4 is 6.16 Å². The van der Waals surface area contributed by atoms with Crippen molar-refractivity contribution in [2.45, 2.75) is 6.42 Å². The smallest absolute Gasteiger partial charge is 0.394 e. The normalized spacial score (nSPS) is 9.81. The van der Waals surface area contributed by atoms with Crippen molar-refractivity contribution < 1.29 is 19.1 Å². The van der Waals surface area contributed by atoms with Crippen molar-refractivity contribution in [1.29, 1.82) is 0 Å². The molecule has 88 valence electrons. The molecule has 0 aromatic heterocycles. The zero-order chi connectivity index (χ0) is 11.6. The zero-order valence-electron chi connectivity index (χ0n) is 9.14. The summed E-state index contributed by atoms with van der Waals surface area (Å²) in [7, 11) is 1.62. The quantitative estimate of drug-likeness (QED) is 0.346. The fraction of sp³-hybridized carbons (Fsp3) is 0.364. The average molecular weight is 225 g/mol. The molecule has 0 heterocycles. The number of benzene rings is 1. The number of rotatable bonds is 6. The summed E-state index contributed by atoms with van der Waals surface area (Å²) >= 11 is 0. The van der Waals surface area contributed by atoms with E-state index in [1.165, 1.54) is 0 Å². The van der Waals surface area contributed by atoms with Gasteiger partial charge in [0, 0.05) is 20.3 Å². The Morgan fingerprint density at radius 3 is 2.75 bits per heavy atom. The van der Waals surface area contributed by atoms with Crippen molar-refractivity contribution in [3.63, 3.8) is 0 Å². The molecule has 0 radical (unpaired) electrons. The average Bonchev–Trinajstić information content (AvgIpc) is 2.30. The van der Waals surface area contributed by atoms with Crippen molar-refractivity contribution in [2.24, 2.45) is 0 Å². The van der Waals surface area contributed by atoms with E-state index in [2.05, 4.69) is 10.3 Å². The van der Waals surface area contributed by atoms with Gasteiger partial charge in [-0.25, -0.2) is 4.79 Å². The van der Waals surface area contributed by atoms with Crippen molar-refractivity contribution in [3.05, 3.63) is 30.3 Å². The van der Waals surface area contributed by atoms with Crippen LogP contribution in [0.4, 0.5) is 4.79 Å². The maximum atomic E-state index is 11.1. The Bertz CT molecular complexity index is 302. The number of carbonyl (C=O) groups is 1. The Balaban J connectivity index is 2.12. The largest absolute Gasteiger partial charge is 0.533 e. The molecule has 0 fully saturated rings. The molecule has 0 unspecified atom stereocenters. The molecule has 0 aliphatic heterocycles. The summed E-state index contributed by atoms with van der Waals surface area (Å²) in [6.45, 7) is 1.14. The lowest BCUT2D eigenvalue weighted by Gasteiger charge is -2.05. The number of methoxy groups -OCH3 is 1. The third-order valence-electron chi connectivity index (χ3n) is 1.73. The summed E-state index contributed by atoms with van der Waals surface area (Å²) in [6, 6.07) is 8.73. The maximum absolute atomic E-state index is 11.1. The summed E-state index contributed by atoms with van der Waals surface area (Å²) in [6.07, 6.45) is -0.0154. The van der Waals surface area contributed by atoms with E-state index in [-0.39, 0.29) is 0 Å². The predicted molar refractivity (Wildman–Crippen MR) is 58.0 cm³/mol. The van der Waals surface area contributed by atoms with Crippen LogP contribution in [-0.4, -0.2) is 26.4 Å². The summed E-state index contributed by atoms with van der Waals surface area (Å²) in [5, 5.41) is 0. The molecule has 0 bridgehead atoms. The third-order valence-corrected chi connectivity index (χ3v) is 1.73. The van der Waals surface area contributed by atoms with Gasteiger partial charge in [-0.1, -0.05) is 18.2 Å².